The van der Waals surface area contributed by atoms with E-state index in [1.54, 1.807) is 13.0 Å². The molecule has 1 aromatic rings. The van der Waals surface area contributed by atoms with Gasteiger partial charge in [0.25, 0.3) is 5.91 Å². The summed E-state index contributed by atoms with van der Waals surface area (Å²) in [6.45, 7) is 5.68. The number of piperidine rings is 1. The van der Waals surface area contributed by atoms with Gasteiger partial charge in [-0.3, -0.25) is 9.59 Å². The van der Waals surface area contributed by atoms with Gasteiger partial charge in [0.05, 0.1) is 0 Å². The summed E-state index contributed by atoms with van der Waals surface area (Å²) in [5.41, 5.74) is 1.27. The lowest BCUT2D eigenvalue weighted by Gasteiger charge is -2.31. The molecule has 1 saturated heterocycles. The van der Waals surface area contributed by atoms with Crippen LogP contribution in [0.15, 0.2) is 12.4 Å². The Hall–Kier alpha value is -1.98. The van der Waals surface area contributed by atoms with Crippen molar-refractivity contribution in [2.75, 3.05) is 19.6 Å². The number of carbonyl (C=O) groups excluding carboxylic acids is 2. The van der Waals surface area contributed by atoms with Crippen LogP contribution in [0.4, 0.5) is 0 Å². The molecule has 2 amide bonds. The van der Waals surface area contributed by atoms with Crippen molar-refractivity contribution < 1.29 is 9.59 Å². The lowest BCUT2D eigenvalue weighted by Crippen LogP contribution is -2.39. The SMILES string of the molecule is CCNC(=O)c1cc(C[C@@H]2CCCN(C(C)=O)C2)ncn1. The van der Waals surface area contributed by atoms with Gasteiger partial charge in [0.2, 0.25) is 5.91 Å². The molecule has 21 heavy (non-hydrogen) atoms. The van der Waals surface area contributed by atoms with Crippen LogP contribution in [0.25, 0.3) is 0 Å². The van der Waals surface area contributed by atoms with Crippen molar-refractivity contribution in [1.29, 1.82) is 0 Å². The molecule has 114 valence electrons. The van der Waals surface area contributed by atoms with Crippen LogP contribution in [0.5, 0.6) is 0 Å². The van der Waals surface area contributed by atoms with Gasteiger partial charge in [0.15, 0.2) is 0 Å². The van der Waals surface area contributed by atoms with Gasteiger partial charge in [-0.1, -0.05) is 0 Å². The number of carbonyl (C=O) groups is 2. The van der Waals surface area contributed by atoms with Gasteiger partial charge in [0.1, 0.15) is 12.0 Å². The van der Waals surface area contributed by atoms with Crippen LogP contribution in [-0.2, 0) is 11.2 Å². The van der Waals surface area contributed by atoms with Crippen LogP contribution in [0, 0.1) is 5.92 Å². The zero-order chi connectivity index (χ0) is 15.2. The van der Waals surface area contributed by atoms with Gasteiger partial charge in [0, 0.05) is 32.3 Å². The van der Waals surface area contributed by atoms with Gasteiger partial charge in [-0.05, 0) is 38.2 Å². The number of hydrogen-bond donors (Lipinski definition) is 1. The third-order valence-corrected chi connectivity index (χ3v) is 3.76. The lowest BCUT2D eigenvalue weighted by atomic mass is 9.93. The smallest absolute Gasteiger partial charge is 0.270 e. The van der Waals surface area contributed by atoms with Crippen LogP contribution >= 0.6 is 0 Å². The number of nitrogens with one attached hydrogen (secondary N) is 1. The summed E-state index contributed by atoms with van der Waals surface area (Å²) in [4.78, 5) is 33.4. The Labute approximate surface area is 125 Å². The average molecular weight is 290 g/mol. The zero-order valence-corrected chi connectivity index (χ0v) is 12.6. The molecule has 1 atom stereocenters. The summed E-state index contributed by atoms with van der Waals surface area (Å²) >= 11 is 0. The molecule has 0 spiro atoms. The topological polar surface area (TPSA) is 75.2 Å². The molecule has 2 heterocycles. The van der Waals surface area contributed by atoms with Gasteiger partial charge >= 0.3 is 0 Å². The molecule has 0 aliphatic carbocycles. The standard InChI is InChI=1S/C15H22N4O2/c1-3-16-15(21)14-8-13(17-10-18-14)7-12-5-4-6-19(9-12)11(2)20/h8,10,12H,3-7,9H2,1-2H3,(H,16,21)/t12-/m0/s1. The van der Waals surface area contributed by atoms with Crippen molar-refractivity contribution in [3.8, 4) is 0 Å². The Morgan fingerprint density at radius 2 is 2.24 bits per heavy atom. The largest absolute Gasteiger partial charge is 0.351 e. The van der Waals surface area contributed by atoms with E-state index >= 15 is 0 Å². The van der Waals surface area contributed by atoms with Gasteiger partial charge < -0.3 is 10.2 Å². The summed E-state index contributed by atoms with van der Waals surface area (Å²) in [5.74, 6) is 0.361. The first-order valence-electron chi connectivity index (χ1n) is 7.44. The number of rotatable bonds is 4. The van der Waals surface area contributed by atoms with Gasteiger partial charge in [-0.2, -0.15) is 0 Å². The van der Waals surface area contributed by atoms with E-state index in [9.17, 15) is 9.59 Å². The molecule has 1 aliphatic heterocycles. The highest BCUT2D eigenvalue weighted by molar-refractivity contribution is 5.92. The van der Waals surface area contributed by atoms with Crippen molar-refractivity contribution >= 4 is 11.8 Å². The first kappa shape index (κ1) is 15.4. The minimum absolute atomic E-state index is 0.130. The number of hydrogen-bond acceptors (Lipinski definition) is 4. The van der Waals surface area contributed by atoms with E-state index in [4.69, 9.17) is 0 Å². The number of nitrogens with zero attached hydrogens (tertiary/aromatic N) is 3. The van der Waals surface area contributed by atoms with Gasteiger partial charge in [-0.15, -0.1) is 0 Å². The fourth-order valence-corrected chi connectivity index (χ4v) is 2.70. The van der Waals surface area contributed by atoms with E-state index in [1.807, 2.05) is 11.8 Å². The van der Waals surface area contributed by atoms with E-state index in [2.05, 4.69) is 15.3 Å². The van der Waals surface area contributed by atoms with E-state index in [0.717, 1.165) is 38.0 Å². The molecule has 6 heteroatoms. The Balaban J connectivity index is 2.01. The molecule has 0 bridgehead atoms. The number of likely N-dealkylation sites (tertiary alicyclic amines) is 1. The van der Waals surface area contributed by atoms with Crippen LogP contribution in [-0.4, -0.2) is 46.3 Å². The van der Waals surface area contributed by atoms with E-state index in [0.29, 0.717) is 18.2 Å². The first-order valence-corrected chi connectivity index (χ1v) is 7.44. The van der Waals surface area contributed by atoms with Crippen molar-refractivity contribution in [3.05, 3.63) is 23.8 Å². The minimum Gasteiger partial charge on any atom is -0.351 e. The minimum atomic E-state index is -0.171. The van der Waals surface area contributed by atoms with Crippen LogP contribution in [0.2, 0.25) is 0 Å². The quantitative estimate of drug-likeness (QED) is 0.898. The highest BCUT2D eigenvalue weighted by Gasteiger charge is 2.22. The molecule has 1 fully saturated rings. The summed E-state index contributed by atoms with van der Waals surface area (Å²) in [6.07, 6.45) is 4.33. The predicted molar refractivity (Wildman–Crippen MR) is 78.7 cm³/mol. The number of amides is 2. The van der Waals surface area contributed by atoms with Crippen molar-refractivity contribution in [2.45, 2.75) is 33.1 Å². The predicted octanol–water partition coefficient (Wildman–Crippen LogP) is 1.03. The van der Waals surface area contributed by atoms with E-state index < -0.39 is 0 Å². The molecule has 0 radical (unpaired) electrons. The monoisotopic (exact) mass is 290 g/mol. The summed E-state index contributed by atoms with van der Waals surface area (Å²) in [6, 6.07) is 1.75. The van der Waals surface area contributed by atoms with Crippen molar-refractivity contribution in [3.63, 3.8) is 0 Å². The highest BCUT2D eigenvalue weighted by atomic mass is 16.2. The molecule has 1 aliphatic rings. The molecule has 1 N–H and O–H groups in total. The first-order chi connectivity index (χ1) is 10.1. The molecule has 1 aromatic heterocycles. The fraction of sp³-hybridized carbons (Fsp3) is 0.600. The Morgan fingerprint density at radius 3 is 2.95 bits per heavy atom. The molecular formula is C15H22N4O2. The van der Waals surface area contributed by atoms with Crippen LogP contribution < -0.4 is 5.32 Å². The Bertz CT molecular complexity index is 518. The Morgan fingerprint density at radius 1 is 1.43 bits per heavy atom. The second-order valence-electron chi connectivity index (χ2n) is 5.43. The Kier molecular flexibility index (Phi) is 5.25. The summed E-state index contributed by atoms with van der Waals surface area (Å²) in [7, 11) is 0. The average Bonchev–Trinajstić information content (AvgIpc) is 2.48. The lowest BCUT2D eigenvalue weighted by molar-refractivity contribution is -0.130. The fourth-order valence-electron chi connectivity index (χ4n) is 2.70. The second kappa shape index (κ2) is 7.15. The highest BCUT2D eigenvalue weighted by Crippen LogP contribution is 2.20. The maximum atomic E-state index is 11.8. The van der Waals surface area contributed by atoms with Crippen molar-refractivity contribution in [1.82, 2.24) is 20.2 Å². The molecular weight excluding hydrogens is 268 g/mol. The third-order valence-electron chi connectivity index (χ3n) is 3.76. The second-order valence-corrected chi connectivity index (χ2v) is 5.43. The molecule has 6 nitrogen and oxygen atoms in total. The summed E-state index contributed by atoms with van der Waals surface area (Å²) in [5, 5.41) is 2.73. The zero-order valence-electron chi connectivity index (χ0n) is 12.6. The maximum absolute atomic E-state index is 11.8. The van der Waals surface area contributed by atoms with Crippen molar-refractivity contribution in [2.24, 2.45) is 5.92 Å². The van der Waals surface area contributed by atoms with Gasteiger partial charge in [-0.25, -0.2) is 9.97 Å². The molecule has 0 unspecified atom stereocenters. The normalized spacial score (nSPS) is 18.4. The van der Waals surface area contributed by atoms with E-state index in [-0.39, 0.29) is 11.8 Å². The maximum Gasteiger partial charge on any atom is 0.270 e. The molecule has 2 rings (SSSR count). The third kappa shape index (κ3) is 4.24. The van der Waals surface area contributed by atoms with Crippen LogP contribution in [0.1, 0.15) is 42.9 Å². The number of aromatic nitrogens is 2. The van der Waals surface area contributed by atoms with E-state index in [1.165, 1.54) is 6.33 Å². The molecule has 0 aromatic carbocycles. The summed E-state index contributed by atoms with van der Waals surface area (Å²) < 4.78 is 0. The molecule has 0 saturated carbocycles. The van der Waals surface area contributed by atoms with Crippen LogP contribution in [0.3, 0.4) is 0 Å².